The van der Waals surface area contributed by atoms with Gasteiger partial charge >= 0.3 is 6.18 Å². The van der Waals surface area contributed by atoms with E-state index in [1.165, 1.54) is 24.3 Å². The van der Waals surface area contributed by atoms with E-state index in [-0.39, 0.29) is 16.3 Å². The zero-order valence-electron chi connectivity index (χ0n) is 17.9. The lowest BCUT2D eigenvalue weighted by molar-refractivity contribution is -0.137. The summed E-state index contributed by atoms with van der Waals surface area (Å²) < 4.78 is 76.0. The Hall–Kier alpha value is -3.73. The molecule has 0 aliphatic rings. The van der Waals surface area contributed by atoms with Gasteiger partial charge in [-0.15, -0.1) is 0 Å². The number of amides is 1. The molecule has 7 nitrogen and oxygen atoms in total. The normalized spacial score (nSPS) is 11.5. The molecule has 0 aromatic heterocycles. The van der Waals surface area contributed by atoms with Crippen LogP contribution in [0.3, 0.4) is 0 Å². The lowest BCUT2D eigenvalue weighted by Gasteiger charge is -2.11. The van der Waals surface area contributed by atoms with Crippen molar-refractivity contribution in [2.75, 3.05) is 23.3 Å². The summed E-state index contributed by atoms with van der Waals surface area (Å²) in [7, 11) is -3.85. The molecular formula is C23H21F3N2O5S. The van der Waals surface area contributed by atoms with E-state index in [0.717, 1.165) is 24.3 Å². The maximum Gasteiger partial charge on any atom is 0.416 e. The average molecular weight is 494 g/mol. The number of rotatable bonds is 9. The largest absolute Gasteiger partial charge is 0.494 e. The minimum absolute atomic E-state index is 0.0112. The van der Waals surface area contributed by atoms with Gasteiger partial charge in [0.2, 0.25) is 0 Å². The van der Waals surface area contributed by atoms with Crippen LogP contribution in [0.25, 0.3) is 0 Å². The first-order chi connectivity index (χ1) is 16.1. The van der Waals surface area contributed by atoms with Crippen LogP contribution in [0.4, 0.5) is 24.5 Å². The van der Waals surface area contributed by atoms with Gasteiger partial charge in [-0.2, -0.15) is 13.2 Å². The molecule has 34 heavy (non-hydrogen) atoms. The van der Waals surface area contributed by atoms with Crippen molar-refractivity contribution in [1.29, 1.82) is 0 Å². The molecule has 0 heterocycles. The predicted molar refractivity (Wildman–Crippen MR) is 120 cm³/mol. The fourth-order valence-electron chi connectivity index (χ4n) is 2.80. The molecule has 0 saturated heterocycles. The summed E-state index contributed by atoms with van der Waals surface area (Å²) in [4.78, 5) is 12.0. The van der Waals surface area contributed by atoms with Gasteiger partial charge in [0.15, 0.2) is 6.61 Å². The van der Waals surface area contributed by atoms with Gasteiger partial charge in [0, 0.05) is 11.4 Å². The molecule has 3 aromatic rings. The van der Waals surface area contributed by atoms with Gasteiger partial charge in [-0.3, -0.25) is 9.52 Å². The molecule has 3 aromatic carbocycles. The van der Waals surface area contributed by atoms with Crippen LogP contribution in [0.2, 0.25) is 0 Å². The molecule has 11 heteroatoms. The third-order valence-electron chi connectivity index (χ3n) is 4.42. The molecule has 0 radical (unpaired) electrons. The summed E-state index contributed by atoms with van der Waals surface area (Å²) in [6.45, 7) is 1.92. The Balaban J connectivity index is 1.54. The van der Waals surface area contributed by atoms with Gasteiger partial charge in [-0.1, -0.05) is 0 Å². The first-order valence-corrected chi connectivity index (χ1v) is 11.5. The van der Waals surface area contributed by atoms with Gasteiger partial charge in [0.1, 0.15) is 11.5 Å². The molecule has 0 spiro atoms. The number of carbonyl (C=O) groups excluding carboxylic acids is 1. The summed E-state index contributed by atoms with van der Waals surface area (Å²) >= 11 is 0. The first kappa shape index (κ1) is 24.9. The number of sulfonamides is 1. The number of ether oxygens (including phenoxy) is 2. The highest BCUT2D eigenvalue weighted by molar-refractivity contribution is 7.92. The summed E-state index contributed by atoms with van der Waals surface area (Å²) in [6, 6.07) is 15.9. The van der Waals surface area contributed by atoms with Gasteiger partial charge in [0.25, 0.3) is 15.9 Å². The van der Waals surface area contributed by atoms with Crippen molar-refractivity contribution in [1.82, 2.24) is 0 Å². The van der Waals surface area contributed by atoms with Crippen LogP contribution in [0.5, 0.6) is 11.5 Å². The second-order valence-electron chi connectivity index (χ2n) is 6.95. The Morgan fingerprint density at radius 2 is 1.35 bits per heavy atom. The highest BCUT2D eigenvalue weighted by Gasteiger charge is 2.30. The topological polar surface area (TPSA) is 93.7 Å². The van der Waals surface area contributed by atoms with Crippen LogP contribution in [0.1, 0.15) is 12.5 Å². The summed E-state index contributed by atoms with van der Waals surface area (Å²) in [5, 5.41) is 2.42. The van der Waals surface area contributed by atoms with Crippen molar-refractivity contribution >= 4 is 27.3 Å². The fourth-order valence-corrected chi connectivity index (χ4v) is 3.86. The third-order valence-corrected chi connectivity index (χ3v) is 5.81. The third kappa shape index (κ3) is 6.88. The highest BCUT2D eigenvalue weighted by Crippen LogP contribution is 2.29. The molecule has 0 aliphatic carbocycles. The molecule has 0 saturated carbocycles. The van der Waals surface area contributed by atoms with Crippen LogP contribution in [0.15, 0.2) is 77.7 Å². The molecule has 0 aliphatic heterocycles. The number of hydrogen-bond acceptors (Lipinski definition) is 5. The first-order valence-electron chi connectivity index (χ1n) is 10.0. The average Bonchev–Trinajstić information content (AvgIpc) is 2.79. The summed E-state index contributed by atoms with van der Waals surface area (Å²) in [6.07, 6.45) is -4.46. The predicted octanol–water partition coefficient (Wildman–Crippen LogP) is 4.92. The number of halogens is 3. The molecule has 0 unspecified atom stereocenters. The van der Waals surface area contributed by atoms with Crippen molar-refractivity contribution in [3.8, 4) is 11.5 Å². The smallest absolute Gasteiger partial charge is 0.416 e. The standard InChI is InChI=1S/C23H21F3N2O5S/c1-2-32-19-9-7-18(8-10-19)28-34(30,31)21-13-11-20(12-14-21)33-15-22(29)27-17-5-3-16(4-6-17)23(24,25)26/h3-14,28H,2,15H2,1H3,(H,27,29). The van der Waals surface area contributed by atoms with E-state index in [1.807, 2.05) is 6.92 Å². The second kappa shape index (κ2) is 10.5. The van der Waals surface area contributed by atoms with E-state index in [1.54, 1.807) is 24.3 Å². The van der Waals surface area contributed by atoms with E-state index in [0.29, 0.717) is 18.0 Å². The van der Waals surface area contributed by atoms with Gasteiger partial charge in [0.05, 0.1) is 17.1 Å². The number of benzene rings is 3. The lowest BCUT2D eigenvalue weighted by atomic mass is 10.2. The summed E-state index contributed by atoms with van der Waals surface area (Å²) in [5.74, 6) is 0.269. The second-order valence-corrected chi connectivity index (χ2v) is 8.63. The van der Waals surface area contributed by atoms with E-state index in [9.17, 15) is 26.4 Å². The maximum absolute atomic E-state index is 12.6. The zero-order chi connectivity index (χ0) is 24.8. The SMILES string of the molecule is CCOc1ccc(NS(=O)(=O)c2ccc(OCC(=O)Nc3ccc(C(F)(F)F)cc3)cc2)cc1. The maximum atomic E-state index is 12.6. The number of hydrogen-bond donors (Lipinski definition) is 2. The van der Waals surface area contributed by atoms with Crippen LogP contribution in [0, 0.1) is 0 Å². The Kier molecular flexibility index (Phi) is 7.67. The fraction of sp³-hybridized carbons (Fsp3) is 0.174. The molecular weight excluding hydrogens is 473 g/mol. The van der Waals surface area contributed by atoms with Crippen LogP contribution in [-0.4, -0.2) is 27.5 Å². The molecule has 0 atom stereocenters. The van der Waals surface area contributed by atoms with Gasteiger partial charge in [-0.25, -0.2) is 8.42 Å². The number of carbonyl (C=O) groups is 1. The van der Waals surface area contributed by atoms with E-state index in [2.05, 4.69) is 10.0 Å². The van der Waals surface area contributed by atoms with Gasteiger partial charge in [-0.05, 0) is 79.7 Å². The molecule has 1 amide bonds. The minimum atomic E-state index is -4.46. The molecule has 3 rings (SSSR count). The number of nitrogens with one attached hydrogen (secondary N) is 2. The molecule has 0 fully saturated rings. The van der Waals surface area contributed by atoms with E-state index >= 15 is 0 Å². The van der Waals surface area contributed by atoms with E-state index in [4.69, 9.17) is 9.47 Å². The molecule has 0 bridgehead atoms. The van der Waals surface area contributed by atoms with Crippen LogP contribution < -0.4 is 19.5 Å². The van der Waals surface area contributed by atoms with Crippen molar-refractivity contribution in [3.05, 3.63) is 78.4 Å². The quantitative estimate of drug-likeness (QED) is 0.440. The highest BCUT2D eigenvalue weighted by atomic mass is 32.2. The monoisotopic (exact) mass is 494 g/mol. The van der Waals surface area contributed by atoms with Crippen molar-refractivity contribution in [2.45, 2.75) is 18.0 Å². The minimum Gasteiger partial charge on any atom is -0.494 e. The number of alkyl halides is 3. The van der Waals surface area contributed by atoms with Crippen molar-refractivity contribution in [3.63, 3.8) is 0 Å². The van der Waals surface area contributed by atoms with Crippen LogP contribution in [-0.2, 0) is 21.0 Å². The van der Waals surface area contributed by atoms with E-state index < -0.39 is 34.3 Å². The van der Waals surface area contributed by atoms with Crippen molar-refractivity contribution in [2.24, 2.45) is 0 Å². The molecule has 180 valence electrons. The van der Waals surface area contributed by atoms with Crippen molar-refractivity contribution < 1.29 is 35.9 Å². The summed E-state index contributed by atoms with van der Waals surface area (Å²) in [5.41, 5.74) is -0.277. The Labute approximate surface area is 194 Å². The van der Waals surface area contributed by atoms with Crippen LogP contribution >= 0.6 is 0 Å². The molecule has 2 N–H and O–H groups in total. The Morgan fingerprint density at radius 3 is 1.91 bits per heavy atom. The lowest BCUT2D eigenvalue weighted by Crippen LogP contribution is -2.20. The Morgan fingerprint density at radius 1 is 0.824 bits per heavy atom. The zero-order valence-corrected chi connectivity index (χ0v) is 18.7. The number of anilines is 2. The Bertz CT molecular complexity index is 1210. The van der Waals surface area contributed by atoms with Gasteiger partial charge < -0.3 is 14.8 Å².